The van der Waals surface area contributed by atoms with Gasteiger partial charge in [-0.15, -0.1) is 0 Å². The van der Waals surface area contributed by atoms with Crippen molar-refractivity contribution in [1.29, 1.82) is 0 Å². The smallest absolute Gasteiger partial charge is 0.315 e. The normalized spacial score (nSPS) is 18.0. The second-order valence-electron chi connectivity index (χ2n) is 6.50. The number of para-hydroxylation sites is 1. The van der Waals surface area contributed by atoms with E-state index in [9.17, 15) is 4.79 Å². The summed E-state index contributed by atoms with van der Waals surface area (Å²) in [6.07, 6.45) is 2.00. The number of carbonyl (C=O) groups is 1. The van der Waals surface area contributed by atoms with E-state index in [0.717, 1.165) is 48.2 Å². The first-order chi connectivity index (χ1) is 11.0. The molecule has 0 bridgehead atoms. The summed E-state index contributed by atoms with van der Waals surface area (Å²) < 4.78 is 5.92. The third-order valence-electron chi connectivity index (χ3n) is 4.68. The monoisotopic (exact) mass is 315 g/mol. The average molecular weight is 315 g/mol. The zero-order chi connectivity index (χ0) is 16.4. The van der Waals surface area contributed by atoms with Crippen LogP contribution in [0.5, 0.6) is 0 Å². The summed E-state index contributed by atoms with van der Waals surface area (Å²) in [7, 11) is 2.11. The average Bonchev–Trinajstić information content (AvgIpc) is 2.87. The van der Waals surface area contributed by atoms with E-state index in [1.54, 1.807) is 0 Å². The quantitative estimate of drug-likeness (QED) is 0.914. The fraction of sp³-hybridized carbons (Fsp3) is 0.500. The summed E-state index contributed by atoms with van der Waals surface area (Å²) in [5.74, 6) is 0.824. The molecule has 1 atom stereocenters. The molecule has 0 saturated carbocycles. The summed E-state index contributed by atoms with van der Waals surface area (Å²) in [5.41, 5.74) is 1.96. The van der Waals surface area contributed by atoms with Gasteiger partial charge in [-0.3, -0.25) is 0 Å². The summed E-state index contributed by atoms with van der Waals surface area (Å²) in [6, 6.07) is 7.94. The van der Waals surface area contributed by atoms with E-state index in [4.69, 9.17) is 4.42 Å². The number of rotatable bonds is 3. The molecular weight excluding hydrogens is 290 g/mol. The summed E-state index contributed by atoms with van der Waals surface area (Å²) in [5, 5.41) is 7.18. The van der Waals surface area contributed by atoms with Crippen molar-refractivity contribution in [3.8, 4) is 0 Å². The number of hydrogen-bond acceptors (Lipinski definition) is 3. The number of aryl methyl sites for hydroxylation is 1. The first kappa shape index (κ1) is 15.9. The van der Waals surface area contributed by atoms with Crippen LogP contribution in [0.1, 0.15) is 37.1 Å². The Morgan fingerprint density at radius 1 is 1.30 bits per heavy atom. The number of furan rings is 1. The van der Waals surface area contributed by atoms with Crippen LogP contribution in [0.2, 0.25) is 0 Å². The molecule has 2 heterocycles. The second-order valence-corrected chi connectivity index (χ2v) is 6.50. The summed E-state index contributed by atoms with van der Waals surface area (Å²) in [6.45, 7) is 6.06. The van der Waals surface area contributed by atoms with Crippen molar-refractivity contribution in [2.45, 2.75) is 38.8 Å². The Morgan fingerprint density at radius 3 is 2.70 bits per heavy atom. The van der Waals surface area contributed by atoms with Crippen LogP contribution in [0.3, 0.4) is 0 Å². The van der Waals surface area contributed by atoms with Gasteiger partial charge in [-0.2, -0.15) is 0 Å². The third kappa shape index (κ3) is 3.50. The predicted octanol–water partition coefficient (Wildman–Crippen LogP) is 3.20. The van der Waals surface area contributed by atoms with Crippen LogP contribution in [-0.2, 0) is 0 Å². The Bertz CT molecular complexity index is 687. The maximum absolute atomic E-state index is 12.2. The lowest BCUT2D eigenvalue weighted by atomic mass is 10.1. The zero-order valence-corrected chi connectivity index (χ0v) is 14.1. The molecule has 1 aliphatic heterocycles. The Balaban J connectivity index is 1.62. The molecule has 2 N–H and O–H groups in total. The largest absolute Gasteiger partial charge is 0.459 e. The molecule has 0 radical (unpaired) electrons. The lowest BCUT2D eigenvalue weighted by Gasteiger charge is -2.29. The van der Waals surface area contributed by atoms with Crippen molar-refractivity contribution in [3.05, 3.63) is 35.6 Å². The molecule has 1 aromatic heterocycles. The van der Waals surface area contributed by atoms with Crippen LogP contribution in [0.4, 0.5) is 4.79 Å². The zero-order valence-electron chi connectivity index (χ0n) is 14.1. The minimum atomic E-state index is -0.159. The fourth-order valence-electron chi connectivity index (χ4n) is 3.25. The minimum Gasteiger partial charge on any atom is -0.459 e. The van der Waals surface area contributed by atoms with Crippen molar-refractivity contribution in [2.24, 2.45) is 0 Å². The van der Waals surface area contributed by atoms with Crippen molar-refractivity contribution in [2.75, 3.05) is 20.1 Å². The molecule has 0 aliphatic carbocycles. The van der Waals surface area contributed by atoms with Gasteiger partial charge in [0.05, 0.1) is 6.04 Å². The molecule has 1 saturated heterocycles. The van der Waals surface area contributed by atoms with Gasteiger partial charge >= 0.3 is 6.03 Å². The SMILES string of the molecule is Cc1c(C(C)NC(=O)NC2CCN(C)CC2)oc2ccccc12. The molecule has 2 aromatic rings. The van der Waals surface area contributed by atoms with Gasteiger partial charge < -0.3 is 20.0 Å². The van der Waals surface area contributed by atoms with Crippen LogP contribution >= 0.6 is 0 Å². The number of urea groups is 1. The Hall–Kier alpha value is -2.01. The van der Waals surface area contributed by atoms with E-state index in [-0.39, 0.29) is 18.1 Å². The number of hydrogen-bond donors (Lipinski definition) is 2. The van der Waals surface area contributed by atoms with Gasteiger partial charge in [0.15, 0.2) is 0 Å². The van der Waals surface area contributed by atoms with Gasteiger partial charge in [0.25, 0.3) is 0 Å². The highest BCUT2D eigenvalue weighted by molar-refractivity contribution is 5.82. The molecular formula is C18H25N3O2. The van der Waals surface area contributed by atoms with Crippen molar-refractivity contribution in [1.82, 2.24) is 15.5 Å². The highest BCUT2D eigenvalue weighted by Crippen LogP contribution is 2.29. The van der Waals surface area contributed by atoms with Crippen molar-refractivity contribution in [3.63, 3.8) is 0 Å². The Morgan fingerprint density at radius 2 is 2.00 bits per heavy atom. The molecule has 1 aliphatic rings. The van der Waals surface area contributed by atoms with E-state index < -0.39 is 0 Å². The number of likely N-dealkylation sites (tertiary alicyclic amines) is 1. The number of fused-ring (bicyclic) bond motifs is 1. The third-order valence-corrected chi connectivity index (χ3v) is 4.68. The van der Waals surface area contributed by atoms with E-state index in [2.05, 4.69) is 22.6 Å². The predicted molar refractivity (Wildman–Crippen MR) is 91.6 cm³/mol. The van der Waals surface area contributed by atoms with Gasteiger partial charge in [-0.1, -0.05) is 18.2 Å². The first-order valence-electron chi connectivity index (χ1n) is 8.28. The van der Waals surface area contributed by atoms with Crippen LogP contribution in [0.15, 0.2) is 28.7 Å². The highest BCUT2D eigenvalue weighted by atomic mass is 16.3. The van der Waals surface area contributed by atoms with Crippen LogP contribution in [0, 0.1) is 6.92 Å². The molecule has 1 unspecified atom stereocenters. The van der Waals surface area contributed by atoms with E-state index in [0.29, 0.717) is 0 Å². The Kier molecular flexibility index (Phi) is 4.57. The highest BCUT2D eigenvalue weighted by Gasteiger charge is 2.21. The molecule has 23 heavy (non-hydrogen) atoms. The minimum absolute atomic E-state index is 0.119. The van der Waals surface area contributed by atoms with Crippen molar-refractivity contribution >= 4 is 17.0 Å². The maximum atomic E-state index is 12.2. The molecule has 1 aromatic carbocycles. The molecule has 5 heteroatoms. The van der Waals surface area contributed by atoms with Crippen LogP contribution < -0.4 is 10.6 Å². The number of nitrogens with one attached hydrogen (secondary N) is 2. The van der Waals surface area contributed by atoms with Gasteiger partial charge in [0.1, 0.15) is 11.3 Å². The molecule has 3 rings (SSSR count). The molecule has 2 amide bonds. The van der Waals surface area contributed by atoms with Crippen molar-refractivity contribution < 1.29 is 9.21 Å². The topological polar surface area (TPSA) is 57.5 Å². The number of carbonyl (C=O) groups excluding carboxylic acids is 1. The van der Waals surface area contributed by atoms with Gasteiger partial charge in [-0.25, -0.2) is 4.79 Å². The summed E-state index contributed by atoms with van der Waals surface area (Å²) >= 11 is 0. The second kappa shape index (κ2) is 6.62. The summed E-state index contributed by atoms with van der Waals surface area (Å²) in [4.78, 5) is 14.5. The molecule has 5 nitrogen and oxygen atoms in total. The van der Waals surface area contributed by atoms with Gasteiger partial charge in [0, 0.05) is 17.0 Å². The van der Waals surface area contributed by atoms with E-state index in [1.807, 2.05) is 38.1 Å². The molecule has 124 valence electrons. The van der Waals surface area contributed by atoms with E-state index >= 15 is 0 Å². The standard InChI is InChI=1S/C18H25N3O2/c1-12-15-6-4-5-7-16(15)23-17(12)13(2)19-18(22)20-14-8-10-21(3)11-9-14/h4-7,13-14H,8-11H2,1-3H3,(H2,19,20,22). The van der Waals surface area contributed by atoms with E-state index in [1.165, 1.54) is 0 Å². The lowest BCUT2D eigenvalue weighted by molar-refractivity contribution is 0.211. The van der Waals surface area contributed by atoms with Gasteiger partial charge in [-0.05, 0) is 52.9 Å². The number of amides is 2. The van der Waals surface area contributed by atoms with Crippen LogP contribution in [-0.4, -0.2) is 37.1 Å². The number of benzene rings is 1. The maximum Gasteiger partial charge on any atom is 0.315 e. The molecule has 0 spiro atoms. The fourth-order valence-corrected chi connectivity index (χ4v) is 3.25. The van der Waals surface area contributed by atoms with Gasteiger partial charge in [0.2, 0.25) is 0 Å². The number of nitrogens with zero attached hydrogens (tertiary/aromatic N) is 1. The molecule has 1 fully saturated rings. The number of piperidine rings is 1. The first-order valence-corrected chi connectivity index (χ1v) is 8.28. The van der Waals surface area contributed by atoms with Crippen LogP contribution in [0.25, 0.3) is 11.0 Å². The lowest BCUT2D eigenvalue weighted by Crippen LogP contribution is -2.47. The Labute approximate surface area is 137 Å².